The summed E-state index contributed by atoms with van der Waals surface area (Å²) in [6.45, 7) is -0.274. The summed E-state index contributed by atoms with van der Waals surface area (Å²) in [7, 11) is 3.35. The number of ether oxygens (including phenoxy) is 1. The Morgan fingerprint density at radius 2 is 1.93 bits per heavy atom. The van der Waals surface area contributed by atoms with Crippen molar-refractivity contribution in [2.75, 3.05) is 45.8 Å². The molecular formula is C18H28F3IN4O2S. The van der Waals surface area contributed by atoms with E-state index < -0.39 is 12.8 Å². The molecule has 1 amide bonds. The highest BCUT2D eigenvalue weighted by Crippen LogP contribution is 2.16. The number of nitrogens with zero attached hydrogens (tertiary/aromatic N) is 2. The zero-order chi connectivity index (χ0) is 21.0. The molecule has 1 aromatic rings. The number of guanidine groups is 1. The summed E-state index contributed by atoms with van der Waals surface area (Å²) in [4.78, 5) is 17.7. The maximum atomic E-state index is 12.2. The molecule has 11 heteroatoms. The number of thioether (sulfide) groups is 1. The molecule has 1 rings (SSSR count). The van der Waals surface area contributed by atoms with E-state index in [4.69, 9.17) is 0 Å². The number of hydrogen-bond donors (Lipinski definition) is 2. The number of halogens is 4. The summed E-state index contributed by atoms with van der Waals surface area (Å²) in [5.41, 5.74) is 1.47. The molecule has 0 aliphatic carbocycles. The second-order valence-electron chi connectivity index (χ2n) is 6.15. The molecule has 0 unspecified atom stereocenters. The molecule has 0 aliphatic rings. The van der Waals surface area contributed by atoms with Gasteiger partial charge in [-0.3, -0.25) is 4.79 Å². The molecule has 0 radical (unpaired) electrons. The minimum absolute atomic E-state index is 0. The van der Waals surface area contributed by atoms with Gasteiger partial charge in [-0.2, -0.15) is 24.9 Å². The van der Waals surface area contributed by atoms with Gasteiger partial charge in [0.2, 0.25) is 5.91 Å². The van der Waals surface area contributed by atoms with E-state index in [9.17, 15) is 18.0 Å². The van der Waals surface area contributed by atoms with Crippen LogP contribution in [0.3, 0.4) is 0 Å². The van der Waals surface area contributed by atoms with E-state index in [1.807, 2.05) is 12.3 Å². The average Bonchev–Trinajstić information content (AvgIpc) is 2.62. The van der Waals surface area contributed by atoms with E-state index in [1.54, 1.807) is 44.1 Å². The van der Waals surface area contributed by atoms with Crippen molar-refractivity contribution >= 4 is 47.6 Å². The molecule has 0 bridgehead atoms. The first-order valence-electron chi connectivity index (χ1n) is 8.65. The SMILES string of the molecule is CSCCNC(=NCc1cccc(COCC(F)(F)F)c1)NCC(=O)N(C)C.I. The first-order valence-corrected chi connectivity index (χ1v) is 10.0. The number of aliphatic imine (C=N–C) groups is 1. The van der Waals surface area contributed by atoms with Crippen LogP contribution in [-0.4, -0.2) is 68.7 Å². The van der Waals surface area contributed by atoms with Crippen molar-refractivity contribution in [1.82, 2.24) is 15.5 Å². The molecule has 166 valence electrons. The molecule has 0 atom stereocenters. The van der Waals surface area contributed by atoms with Gasteiger partial charge >= 0.3 is 6.18 Å². The molecule has 29 heavy (non-hydrogen) atoms. The number of hydrogen-bond acceptors (Lipinski definition) is 4. The average molecular weight is 548 g/mol. The maximum Gasteiger partial charge on any atom is 0.411 e. The van der Waals surface area contributed by atoms with Crippen LogP contribution in [0.2, 0.25) is 0 Å². The van der Waals surface area contributed by atoms with E-state index in [2.05, 4.69) is 20.4 Å². The lowest BCUT2D eigenvalue weighted by molar-refractivity contribution is -0.176. The number of benzene rings is 1. The minimum atomic E-state index is -4.34. The molecule has 6 nitrogen and oxygen atoms in total. The number of amides is 1. The predicted octanol–water partition coefficient (Wildman–Crippen LogP) is 2.87. The van der Waals surface area contributed by atoms with Crippen LogP contribution in [0, 0.1) is 0 Å². The topological polar surface area (TPSA) is 66.0 Å². The molecular weight excluding hydrogens is 520 g/mol. The van der Waals surface area contributed by atoms with Crippen molar-refractivity contribution in [2.45, 2.75) is 19.3 Å². The van der Waals surface area contributed by atoms with Crippen LogP contribution >= 0.6 is 35.7 Å². The highest BCUT2D eigenvalue weighted by atomic mass is 127. The quantitative estimate of drug-likeness (QED) is 0.204. The summed E-state index contributed by atoms with van der Waals surface area (Å²) in [6, 6.07) is 7.04. The normalized spacial score (nSPS) is 11.6. The third-order valence-corrected chi connectivity index (χ3v) is 4.06. The summed E-state index contributed by atoms with van der Waals surface area (Å²) < 4.78 is 41.2. The van der Waals surface area contributed by atoms with Gasteiger partial charge in [0.1, 0.15) is 6.61 Å². The Hall–Kier alpha value is -1.21. The lowest BCUT2D eigenvalue weighted by Crippen LogP contribution is -2.43. The fourth-order valence-corrected chi connectivity index (χ4v) is 2.34. The third-order valence-electron chi connectivity index (χ3n) is 3.45. The number of nitrogens with one attached hydrogen (secondary N) is 2. The Bertz CT molecular complexity index is 646. The van der Waals surface area contributed by atoms with Gasteiger partial charge in [0, 0.05) is 26.4 Å². The molecule has 0 spiro atoms. The number of alkyl halides is 3. The van der Waals surface area contributed by atoms with Gasteiger partial charge in [-0.25, -0.2) is 4.99 Å². The van der Waals surface area contributed by atoms with Crippen LogP contribution in [0.15, 0.2) is 29.3 Å². The molecule has 1 aromatic carbocycles. The lowest BCUT2D eigenvalue weighted by atomic mass is 10.1. The predicted molar refractivity (Wildman–Crippen MR) is 122 cm³/mol. The first kappa shape index (κ1) is 27.8. The fourth-order valence-electron chi connectivity index (χ4n) is 2.04. The van der Waals surface area contributed by atoms with Crippen LogP contribution in [0.4, 0.5) is 13.2 Å². The Labute approximate surface area is 191 Å². The van der Waals surface area contributed by atoms with Crippen molar-refractivity contribution in [3.8, 4) is 0 Å². The molecule has 0 saturated carbocycles. The van der Waals surface area contributed by atoms with Crippen LogP contribution in [0.5, 0.6) is 0 Å². The molecule has 0 aliphatic heterocycles. The lowest BCUT2D eigenvalue weighted by Gasteiger charge is -2.15. The summed E-state index contributed by atoms with van der Waals surface area (Å²) >= 11 is 1.68. The van der Waals surface area contributed by atoms with E-state index in [-0.39, 0.29) is 43.0 Å². The van der Waals surface area contributed by atoms with E-state index in [0.717, 1.165) is 11.3 Å². The van der Waals surface area contributed by atoms with Crippen molar-refractivity contribution in [2.24, 2.45) is 4.99 Å². The highest BCUT2D eigenvalue weighted by Gasteiger charge is 2.27. The van der Waals surface area contributed by atoms with Crippen LogP contribution in [0.1, 0.15) is 11.1 Å². The van der Waals surface area contributed by atoms with E-state index >= 15 is 0 Å². The third kappa shape index (κ3) is 13.6. The van der Waals surface area contributed by atoms with Crippen LogP contribution in [-0.2, 0) is 22.7 Å². The van der Waals surface area contributed by atoms with Gasteiger partial charge in [0.25, 0.3) is 0 Å². The second kappa shape index (κ2) is 14.7. The van der Waals surface area contributed by atoms with Crippen molar-refractivity contribution in [1.29, 1.82) is 0 Å². The molecule has 0 saturated heterocycles. The van der Waals surface area contributed by atoms with Gasteiger partial charge in [0.05, 0.1) is 19.7 Å². The smallest absolute Gasteiger partial charge is 0.367 e. The summed E-state index contributed by atoms with van der Waals surface area (Å²) in [6.07, 6.45) is -2.34. The van der Waals surface area contributed by atoms with Gasteiger partial charge < -0.3 is 20.3 Å². The Balaban J connectivity index is 0.00000784. The number of likely N-dealkylation sites (N-methyl/N-ethyl adjacent to an activating group) is 1. The van der Waals surface area contributed by atoms with Crippen molar-refractivity contribution in [3.05, 3.63) is 35.4 Å². The highest BCUT2D eigenvalue weighted by molar-refractivity contribution is 14.0. The Morgan fingerprint density at radius 1 is 1.24 bits per heavy atom. The molecule has 0 aromatic heterocycles. The largest absolute Gasteiger partial charge is 0.411 e. The monoisotopic (exact) mass is 548 g/mol. The van der Waals surface area contributed by atoms with Crippen molar-refractivity contribution in [3.63, 3.8) is 0 Å². The van der Waals surface area contributed by atoms with Gasteiger partial charge in [-0.05, 0) is 17.4 Å². The van der Waals surface area contributed by atoms with E-state index in [0.29, 0.717) is 24.6 Å². The van der Waals surface area contributed by atoms with Gasteiger partial charge in [0.15, 0.2) is 5.96 Å². The number of carbonyl (C=O) groups is 1. The minimum Gasteiger partial charge on any atom is -0.367 e. The molecule has 0 heterocycles. The van der Waals surface area contributed by atoms with Crippen LogP contribution < -0.4 is 10.6 Å². The molecule has 2 N–H and O–H groups in total. The zero-order valence-corrected chi connectivity index (χ0v) is 19.9. The second-order valence-corrected chi connectivity index (χ2v) is 7.14. The standard InChI is InChI=1S/C18H27F3N4O2S.HI/c1-25(2)16(26)11-24-17(22-7-8-28-3)23-10-14-5-4-6-15(9-14)12-27-13-18(19,20)21;/h4-6,9H,7-8,10-13H2,1-3H3,(H2,22,23,24);1H. The summed E-state index contributed by atoms with van der Waals surface area (Å²) in [5, 5.41) is 6.13. The molecule has 0 fully saturated rings. The Morgan fingerprint density at radius 3 is 2.55 bits per heavy atom. The number of carbonyl (C=O) groups excluding carboxylic acids is 1. The van der Waals surface area contributed by atoms with Crippen LogP contribution in [0.25, 0.3) is 0 Å². The zero-order valence-electron chi connectivity index (χ0n) is 16.7. The van der Waals surface area contributed by atoms with E-state index in [1.165, 1.54) is 4.90 Å². The van der Waals surface area contributed by atoms with Gasteiger partial charge in [-0.1, -0.05) is 24.3 Å². The Kier molecular flexibility index (Phi) is 14.1. The summed E-state index contributed by atoms with van der Waals surface area (Å²) in [5.74, 6) is 1.31. The van der Waals surface area contributed by atoms with Crippen molar-refractivity contribution < 1.29 is 22.7 Å². The number of rotatable bonds is 10. The fraction of sp³-hybridized carbons (Fsp3) is 0.556. The maximum absolute atomic E-state index is 12.2. The first-order chi connectivity index (χ1) is 13.2. The van der Waals surface area contributed by atoms with Gasteiger partial charge in [-0.15, -0.1) is 24.0 Å².